The molecular formula is C28H55BCoO7-4. The summed E-state index contributed by atoms with van der Waals surface area (Å²) in [6, 6.07) is 0. The second-order valence-corrected chi connectivity index (χ2v) is 10.9. The Hall–Kier alpha value is -0.609. The van der Waals surface area contributed by atoms with Crippen molar-refractivity contribution >= 4 is 19.3 Å². The van der Waals surface area contributed by atoms with Crippen LogP contribution in [0.3, 0.4) is 0 Å². The summed E-state index contributed by atoms with van der Waals surface area (Å²) in [5.74, 6) is -1.58. The Balaban J connectivity index is -0.000000272. The minimum atomic E-state index is -2.92. The fourth-order valence-electron chi connectivity index (χ4n) is 3.75. The first-order valence-electron chi connectivity index (χ1n) is 14.3. The quantitative estimate of drug-likeness (QED) is 0.161. The molecule has 1 N–H and O–H groups in total. The van der Waals surface area contributed by atoms with Crippen LogP contribution in [0, 0.1) is 5.41 Å². The van der Waals surface area contributed by atoms with E-state index in [9.17, 15) is 14.7 Å². The van der Waals surface area contributed by atoms with Gasteiger partial charge in [0.25, 0.3) is 0 Å². The monoisotopic (exact) mass is 573 g/mol. The van der Waals surface area contributed by atoms with Gasteiger partial charge < -0.3 is 30.1 Å². The minimum absolute atomic E-state index is 0. The molecule has 0 aromatic carbocycles. The Morgan fingerprint density at radius 3 is 1.22 bits per heavy atom. The van der Waals surface area contributed by atoms with Crippen molar-refractivity contribution < 1.29 is 51.7 Å². The number of hydrogen-bond donors (Lipinski definition) is 1. The smallest absolute Gasteiger partial charge is 0.303 e. The van der Waals surface area contributed by atoms with E-state index in [1.807, 2.05) is 0 Å². The number of carbonyl (C=O) groups is 2. The van der Waals surface area contributed by atoms with Gasteiger partial charge in [-0.3, -0.25) is 12.1 Å². The van der Waals surface area contributed by atoms with Gasteiger partial charge in [0.15, 0.2) is 0 Å². The van der Waals surface area contributed by atoms with E-state index in [1.54, 1.807) is 0 Å². The number of aliphatic carboxylic acids is 2. The molecule has 0 spiro atoms. The van der Waals surface area contributed by atoms with Gasteiger partial charge in [0.1, 0.15) is 0 Å². The Kier molecular flexibility index (Phi) is 39.2. The summed E-state index contributed by atoms with van der Waals surface area (Å²) < 4.78 is 0. The zero-order valence-electron chi connectivity index (χ0n) is 24.2. The summed E-state index contributed by atoms with van der Waals surface area (Å²) >= 11 is 0. The molecule has 0 aromatic rings. The molecule has 7 nitrogen and oxygen atoms in total. The van der Waals surface area contributed by atoms with E-state index in [1.165, 1.54) is 89.9 Å². The van der Waals surface area contributed by atoms with Crippen molar-refractivity contribution in [3.05, 3.63) is 0 Å². The molecule has 0 aliphatic carbocycles. The van der Waals surface area contributed by atoms with E-state index in [0.717, 1.165) is 32.1 Å². The van der Waals surface area contributed by atoms with Crippen LogP contribution in [0.15, 0.2) is 0 Å². The Labute approximate surface area is 238 Å². The van der Waals surface area contributed by atoms with Crippen molar-refractivity contribution in [3.8, 4) is 0 Å². The fraction of sp³-hybridized carbons (Fsp3) is 0.929. The molecule has 9 heteroatoms. The van der Waals surface area contributed by atoms with Crippen LogP contribution in [0.1, 0.15) is 163 Å². The molecule has 0 amide bonds. The van der Waals surface area contributed by atoms with Gasteiger partial charge in [-0.1, -0.05) is 130 Å². The maximum absolute atomic E-state index is 10.2. The second-order valence-electron chi connectivity index (χ2n) is 10.9. The third-order valence-electron chi connectivity index (χ3n) is 5.80. The molecule has 225 valence electrons. The molecule has 0 atom stereocenters. The van der Waals surface area contributed by atoms with Crippen LogP contribution < -0.4 is 20.2 Å². The number of carboxylic acids is 2. The normalized spacial score (nSPS) is 10.4. The number of unbranched alkanes of at least 4 members (excludes halogenated alkanes) is 16. The van der Waals surface area contributed by atoms with E-state index in [-0.39, 0.29) is 23.2 Å². The molecule has 0 heterocycles. The van der Waals surface area contributed by atoms with Gasteiger partial charge in [0, 0.05) is 29.2 Å². The Morgan fingerprint density at radius 1 is 0.622 bits per heavy atom. The first-order valence-corrected chi connectivity index (χ1v) is 14.3. The Bertz CT molecular complexity index is 469. The number of carbonyl (C=O) groups excluding carboxylic acids is 1. The molecule has 0 aliphatic heterocycles. The molecule has 1 radical (unpaired) electrons. The number of hydrogen-bond acceptors (Lipinski definition) is 6. The second kappa shape index (κ2) is 33.4. The van der Waals surface area contributed by atoms with Gasteiger partial charge in [-0.25, -0.2) is 0 Å². The van der Waals surface area contributed by atoms with Crippen molar-refractivity contribution in [2.24, 2.45) is 5.41 Å². The van der Waals surface area contributed by atoms with Gasteiger partial charge in [0.05, 0.1) is 0 Å². The Morgan fingerprint density at radius 2 is 0.919 bits per heavy atom. The maximum atomic E-state index is 10.2. The van der Waals surface area contributed by atoms with E-state index >= 15 is 0 Å². The van der Waals surface area contributed by atoms with Gasteiger partial charge in [-0.2, -0.15) is 0 Å². The number of rotatable bonds is 21. The van der Waals surface area contributed by atoms with E-state index < -0.39 is 19.3 Å². The van der Waals surface area contributed by atoms with Crippen LogP contribution in [0.25, 0.3) is 0 Å². The molecule has 0 bridgehead atoms. The third kappa shape index (κ3) is 61.2. The molecule has 37 heavy (non-hydrogen) atoms. The molecule has 0 fully saturated rings. The van der Waals surface area contributed by atoms with Crippen LogP contribution >= 0.6 is 0 Å². The minimum Gasteiger partial charge on any atom is -0.907 e. The molecule has 0 aromatic heterocycles. The van der Waals surface area contributed by atoms with Crippen LogP contribution in [0.2, 0.25) is 0 Å². The molecule has 0 unspecified atom stereocenters. The summed E-state index contributed by atoms with van der Waals surface area (Å²) in [5.41, 5.74) is 0.392. The van der Waals surface area contributed by atoms with E-state index in [0.29, 0.717) is 11.8 Å². The summed E-state index contributed by atoms with van der Waals surface area (Å²) in [6.07, 6.45) is 24.4. The summed E-state index contributed by atoms with van der Waals surface area (Å²) in [7, 11) is -2.92. The van der Waals surface area contributed by atoms with Gasteiger partial charge >= 0.3 is 5.97 Å². The molecule has 0 saturated carbocycles. The first kappa shape index (κ1) is 43.4. The predicted molar refractivity (Wildman–Crippen MR) is 140 cm³/mol. The third-order valence-corrected chi connectivity index (χ3v) is 5.80. The van der Waals surface area contributed by atoms with Crippen molar-refractivity contribution in [1.82, 2.24) is 0 Å². The van der Waals surface area contributed by atoms with Crippen molar-refractivity contribution in [2.75, 3.05) is 0 Å². The average Bonchev–Trinajstić information content (AvgIpc) is 2.75. The predicted octanol–water partition coefficient (Wildman–Crippen LogP) is 4.12. The fourth-order valence-corrected chi connectivity index (χ4v) is 3.75. The summed E-state index contributed by atoms with van der Waals surface area (Å²) in [4.78, 5) is 20.4. The molecule has 0 saturated heterocycles. The maximum Gasteiger partial charge on any atom is 0.303 e. The SMILES string of the molecule is CC(C)(C)CCCCCC(=O)O.CCCCCCCCCCCCCCCCCC(=O)[O-].[Co].[O-]B([O-])[O-]. The van der Waals surface area contributed by atoms with Crippen molar-refractivity contribution in [1.29, 1.82) is 0 Å². The van der Waals surface area contributed by atoms with E-state index in [2.05, 4.69) is 27.7 Å². The standard InChI is InChI=1S/C18H36O2.C10H20O2.BO3.Co/c1-2-3-4-5-6-7-8-9-10-11-12-13-14-15-16-17-18(19)20;1-10(2,3)8-6-4-5-7-9(11)12;2-1(3)4;/h2-17H2,1H3,(H,19,20);4-8H2,1-3H3,(H,11,12);;/q;;-3;/p-1. The van der Waals surface area contributed by atoms with E-state index in [4.69, 9.17) is 20.2 Å². The zero-order valence-corrected chi connectivity index (χ0v) is 25.2. The van der Waals surface area contributed by atoms with Gasteiger partial charge in [-0.05, 0) is 31.1 Å². The topological polar surface area (TPSA) is 147 Å². The van der Waals surface area contributed by atoms with Crippen molar-refractivity contribution in [2.45, 2.75) is 163 Å². The number of carboxylic acid groups (broad SMARTS) is 2. The molecule has 0 aliphatic rings. The summed E-state index contributed by atoms with van der Waals surface area (Å²) in [6.45, 7) is 8.90. The zero-order chi connectivity index (χ0) is 28.1. The average molecular weight is 573 g/mol. The van der Waals surface area contributed by atoms with Crippen LogP contribution in [-0.2, 0) is 26.4 Å². The molecule has 0 rings (SSSR count). The first-order chi connectivity index (χ1) is 16.9. The largest absolute Gasteiger partial charge is 0.907 e. The van der Waals surface area contributed by atoms with Crippen LogP contribution in [0.4, 0.5) is 0 Å². The molecular weight excluding hydrogens is 518 g/mol. The van der Waals surface area contributed by atoms with Gasteiger partial charge in [-0.15, -0.1) is 0 Å². The van der Waals surface area contributed by atoms with Crippen LogP contribution in [0.5, 0.6) is 0 Å². The summed E-state index contributed by atoms with van der Waals surface area (Å²) in [5, 5.41) is 43.8. The van der Waals surface area contributed by atoms with Crippen molar-refractivity contribution in [3.63, 3.8) is 0 Å². The van der Waals surface area contributed by atoms with Gasteiger partial charge in [0.2, 0.25) is 0 Å². The van der Waals surface area contributed by atoms with Crippen LogP contribution in [-0.4, -0.2) is 24.4 Å².